The van der Waals surface area contributed by atoms with Crippen molar-refractivity contribution < 1.29 is 62.1 Å². The second-order valence-corrected chi connectivity index (χ2v) is 15.4. The largest absolute Gasteiger partial charge is 1.00 e. The average molecular weight is 745 g/mol. The number of carboxylic acid groups (broad SMARTS) is 1. The summed E-state index contributed by atoms with van der Waals surface area (Å²) in [6.45, 7) is 6.10. The van der Waals surface area contributed by atoms with Gasteiger partial charge in [0.05, 0.1) is 49.1 Å². The first-order chi connectivity index (χ1) is 24.7. The van der Waals surface area contributed by atoms with E-state index in [1.54, 1.807) is 25.6 Å². The zero-order valence-electron chi connectivity index (χ0n) is 30.9. The molecule has 1 unspecified atom stereocenters. The Morgan fingerprint density at radius 1 is 1.06 bits per heavy atom. The van der Waals surface area contributed by atoms with Crippen LogP contribution in [0.1, 0.15) is 76.1 Å². The van der Waals surface area contributed by atoms with Crippen molar-refractivity contribution in [2.24, 2.45) is 10.8 Å². The van der Waals surface area contributed by atoms with Crippen LogP contribution in [-0.4, -0.2) is 89.0 Å². The molecule has 0 radical (unpaired) electrons. The van der Waals surface area contributed by atoms with Gasteiger partial charge in [0.2, 0.25) is 0 Å². The quantitative estimate of drug-likeness (QED) is 0.214. The van der Waals surface area contributed by atoms with Crippen LogP contribution < -0.4 is 44.5 Å². The summed E-state index contributed by atoms with van der Waals surface area (Å²) in [4.78, 5) is 41.5. The number of rotatable bonds is 12. The number of carbonyl (C=O) groups excluding carboxylic acids is 1. The molecule has 2 aliphatic carbocycles. The number of piperidine rings is 1. The van der Waals surface area contributed by atoms with Gasteiger partial charge in [-0.2, -0.15) is 13.2 Å². The van der Waals surface area contributed by atoms with Crippen molar-refractivity contribution in [3.8, 4) is 22.8 Å². The second-order valence-electron chi connectivity index (χ2n) is 15.4. The van der Waals surface area contributed by atoms with Crippen LogP contribution in [-0.2, 0) is 20.4 Å². The summed E-state index contributed by atoms with van der Waals surface area (Å²) >= 11 is 0. The van der Waals surface area contributed by atoms with Crippen molar-refractivity contribution in [1.82, 2.24) is 29.9 Å². The van der Waals surface area contributed by atoms with Gasteiger partial charge in [-0.3, -0.25) is 0 Å². The van der Waals surface area contributed by atoms with Crippen LogP contribution in [0.3, 0.4) is 0 Å². The van der Waals surface area contributed by atoms with Gasteiger partial charge in [-0.1, -0.05) is 26.7 Å². The summed E-state index contributed by atoms with van der Waals surface area (Å²) < 4.78 is 53.4. The van der Waals surface area contributed by atoms with Crippen LogP contribution >= 0.6 is 0 Å². The number of alkyl halides is 3. The number of nitrogens with one attached hydrogen (secondary N) is 1. The van der Waals surface area contributed by atoms with Gasteiger partial charge in [-0.15, -0.1) is 0 Å². The number of ether oxygens (including phenoxy) is 2. The molecule has 7 rings (SSSR count). The topological polar surface area (TPSA) is 145 Å². The third-order valence-corrected chi connectivity index (χ3v) is 10.7. The molecule has 16 heteroatoms. The Kier molecular flexibility index (Phi) is 11.4. The number of methoxy groups -OCH3 is 1. The Morgan fingerprint density at radius 3 is 2.43 bits per heavy atom. The molecule has 5 heterocycles. The van der Waals surface area contributed by atoms with E-state index in [9.17, 15) is 23.1 Å². The molecule has 1 aliphatic heterocycles. The minimum absolute atomic E-state index is 0. The fourth-order valence-corrected chi connectivity index (χ4v) is 7.96. The van der Waals surface area contributed by atoms with E-state index in [-0.39, 0.29) is 52.4 Å². The average Bonchev–Trinajstić information content (AvgIpc) is 3.71. The molecule has 0 bridgehead atoms. The van der Waals surface area contributed by atoms with Crippen LogP contribution in [0.25, 0.3) is 33.9 Å². The molecule has 1 saturated heterocycles. The van der Waals surface area contributed by atoms with Crippen LogP contribution in [0.4, 0.5) is 24.7 Å². The normalized spacial score (nSPS) is 19.7. The molecule has 0 amide bonds. The fraction of sp³-hybridized carbons (Fsp3) is 0.568. The maximum absolute atomic E-state index is 14.0. The summed E-state index contributed by atoms with van der Waals surface area (Å²) in [7, 11) is 3.70. The summed E-state index contributed by atoms with van der Waals surface area (Å²) in [6, 6.07) is 4.64. The standard InChI is InChI=1S/C37H45F3N8O4.Na/c1-35(2)19-48(12-9-29(35)52-18-31(49)50)30-17-41-26(16-42-30)33-45-32-27(47(3)20-36(21-51-4)10-5-6-11-36)15-25(44-34(32)46-33)23-13-24(22-7-8-22)43-28(14-23)37(38,39)40;/h13-17,22,29H,5-12,18-21H2,1-4H3,(H,49,50)(H,44,45,46);/q;+1/p-1. The zero-order chi connectivity index (χ0) is 36.8. The molecule has 278 valence electrons. The second kappa shape index (κ2) is 15.4. The number of fused-ring (bicyclic) bond motifs is 1. The predicted molar refractivity (Wildman–Crippen MR) is 187 cm³/mol. The van der Waals surface area contributed by atoms with Crippen molar-refractivity contribution in [2.45, 2.75) is 77.0 Å². The number of aliphatic carboxylic acids is 1. The first-order valence-corrected chi connectivity index (χ1v) is 17.8. The maximum Gasteiger partial charge on any atom is 1.00 e. The Hall–Kier alpha value is -3.37. The number of pyridine rings is 2. The summed E-state index contributed by atoms with van der Waals surface area (Å²) in [5, 5.41) is 10.9. The molecule has 0 aromatic carbocycles. The van der Waals surface area contributed by atoms with E-state index in [2.05, 4.69) is 24.8 Å². The van der Waals surface area contributed by atoms with Gasteiger partial charge < -0.3 is 34.2 Å². The van der Waals surface area contributed by atoms with E-state index in [0.29, 0.717) is 78.1 Å². The van der Waals surface area contributed by atoms with Gasteiger partial charge in [0.1, 0.15) is 22.7 Å². The van der Waals surface area contributed by atoms with E-state index < -0.39 is 24.4 Å². The summed E-state index contributed by atoms with van der Waals surface area (Å²) in [5.74, 6) is -0.131. The number of anilines is 2. The predicted octanol–water partition coefficient (Wildman–Crippen LogP) is 2.39. The smallest absolute Gasteiger partial charge is 0.548 e. The molecular weight excluding hydrogens is 700 g/mol. The number of carboxylic acids is 1. The number of H-pyrrole nitrogens is 1. The molecule has 0 spiro atoms. The third-order valence-electron chi connectivity index (χ3n) is 10.7. The summed E-state index contributed by atoms with van der Waals surface area (Å²) in [6.07, 6.45) is 5.00. The van der Waals surface area contributed by atoms with Crippen LogP contribution in [0.5, 0.6) is 0 Å². The van der Waals surface area contributed by atoms with Gasteiger partial charge in [0.25, 0.3) is 0 Å². The zero-order valence-corrected chi connectivity index (χ0v) is 32.9. The van der Waals surface area contributed by atoms with Crippen LogP contribution in [0.2, 0.25) is 0 Å². The number of imidazole rings is 1. The molecule has 1 N–H and O–H groups in total. The third kappa shape index (κ3) is 8.64. The Balaban J connectivity index is 0.00000481. The van der Waals surface area contributed by atoms with E-state index in [4.69, 9.17) is 24.4 Å². The Morgan fingerprint density at radius 2 is 1.81 bits per heavy atom. The number of carbonyl (C=O) groups is 1. The molecule has 4 aromatic heterocycles. The maximum atomic E-state index is 14.0. The van der Waals surface area contributed by atoms with Crippen molar-refractivity contribution in [2.75, 3.05) is 56.8 Å². The van der Waals surface area contributed by atoms with Gasteiger partial charge in [-0.05, 0) is 50.3 Å². The number of halogens is 3. The van der Waals surface area contributed by atoms with E-state index in [1.807, 2.05) is 27.0 Å². The molecule has 3 aliphatic rings. The minimum Gasteiger partial charge on any atom is -0.548 e. The van der Waals surface area contributed by atoms with Crippen molar-refractivity contribution in [1.29, 1.82) is 0 Å². The minimum atomic E-state index is -4.60. The summed E-state index contributed by atoms with van der Waals surface area (Å²) in [5.41, 5.74) is 2.08. The first-order valence-electron chi connectivity index (χ1n) is 17.8. The van der Waals surface area contributed by atoms with Gasteiger partial charge in [0, 0.05) is 61.8 Å². The van der Waals surface area contributed by atoms with E-state index >= 15 is 0 Å². The molecule has 4 aromatic rings. The molecule has 2 saturated carbocycles. The fourth-order valence-electron chi connectivity index (χ4n) is 7.96. The van der Waals surface area contributed by atoms with Gasteiger partial charge in [0.15, 0.2) is 11.5 Å². The molecule has 53 heavy (non-hydrogen) atoms. The van der Waals surface area contributed by atoms with Crippen LogP contribution in [0, 0.1) is 10.8 Å². The van der Waals surface area contributed by atoms with Crippen molar-refractivity contribution >= 4 is 28.6 Å². The Labute approximate surface area is 328 Å². The number of hydrogen-bond acceptors (Lipinski definition) is 11. The van der Waals surface area contributed by atoms with E-state index in [0.717, 1.165) is 50.3 Å². The number of aromatic amines is 1. The number of hydrogen-bond donors (Lipinski definition) is 1. The molecule has 12 nitrogen and oxygen atoms in total. The van der Waals surface area contributed by atoms with Crippen molar-refractivity contribution in [3.05, 3.63) is 42.0 Å². The molecule has 1 atom stereocenters. The molecular formula is C37H44F3N8NaO4. The SMILES string of the molecule is COCC1(CN(C)c2cc(-c3cc(C4CC4)nc(C(F)(F)F)c3)nc3nc(-c4cnc(N5CCC(OCC(=O)[O-])C(C)(C)C5)cn4)[nH]c23)CCCC1.[Na+]. The first kappa shape index (κ1) is 39.3. The Bertz CT molecular complexity index is 1930. The van der Waals surface area contributed by atoms with Gasteiger partial charge >= 0.3 is 35.7 Å². The van der Waals surface area contributed by atoms with Crippen LogP contribution in [0.15, 0.2) is 30.6 Å². The van der Waals surface area contributed by atoms with Crippen molar-refractivity contribution in [3.63, 3.8) is 0 Å². The number of nitrogens with zero attached hydrogens (tertiary/aromatic N) is 7. The van der Waals surface area contributed by atoms with E-state index in [1.165, 1.54) is 0 Å². The monoisotopic (exact) mass is 744 g/mol. The number of aromatic nitrogens is 6. The molecule has 3 fully saturated rings. The van der Waals surface area contributed by atoms with Gasteiger partial charge in [-0.25, -0.2) is 24.9 Å².